The summed E-state index contributed by atoms with van der Waals surface area (Å²) in [4.78, 5) is 16.6. The van der Waals surface area contributed by atoms with Gasteiger partial charge in [-0.3, -0.25) is 4.79 Å². The van der Waals surface area contributed by atoms with Crippen molar-refractivity contribution in [2.45, 2.75) is 12.8 Å². The molecule has 8 heteroatoms. The van der Waals surface area contributed by atoms with Gasteiger partial charge in [-0.1, -0.05) is 17.2 Å². The summed E-state index contributed by atoms with van der Waals surface area (Å²) in [6.07, 6.45) is 0. The Morgan fingerprint density at radius 1 is 1.30 bits per heavy atom. The lowest BCUT2D eigenvalue weighted by Gasteiger charge is -2.35. The number of hydrogen-bond donors (Lipinski definition) is 1. The molecule has 0 bridgehead atoms. The maximum Gasteiger partial charge on any atom is 0.265 e. The number of benzene rings is 1. The number of methoxy groups -OCH3 is 1. The van der Waals surface area contributed by atoms with E-state index in [2.05, 4.69) is 20.6 Å². The standard InChI is InChI=1S/C15H20N6O2/c1-11(12-4-3-5-13(10-12)23-2)14(22)20-6-8-21(9-7-20)15-16-18-19-17-15/h3-5,10-11H,6-9H2,1-2H3,(H,16,17,18,19). The van der Waals surface area contributed by atoms with E-state index >= 15 is 0 Å². The average Bonchev–Trinajstić information content (AvgIpc) is 3.15. The Hall–Kier alpha value is -2.64. The number of hydrogen-bond acceptors (Lipinski definition) is 6. The Kier molecular flexibility index (Phi) is 4.40. The van der Waals surface area contributed by atoms with Crippen molar-refractivity contribution in [3.63, 3.8) is 0 Å². The van der Waals surface area contributed by atoms with Gasteiger partial charge in [0.2, 0.25) is 5.91 Å². The fourth-order valence-corrected chi connectivity index (χ4v) is 2.74. The predicted molar refractivity (Wildman–Crippen MR) is 84.4 cm³/mol. The highest BCUT2D eigenvalue weighted by molar-refractivity contribution is 5.83. The van der Waals surface area contributed by atoms with E-state index in [4.69, 9.17) is 4.74 Å². The summed E-state index contributed by atoms with van der Waals surface area (Å²) in [5.41, 5.74) is 0.968. The van der Waals surface area contributed by atoms with E-state index in [0.29, 0.717) is 32.1 Å². The lowest BCUT2D eigenvalue weighted by atomic mass is 9.99. The van der Waals surface area contributed by atoms with Crippen molar-refractivity contribution in [2.75, 3.05) is 38.2 Å². The molecule has 1 aromatic heterocycles. The predicted octanol–water partition coefficient (Wildman–Crippen LogP) is 0.661. The van der Waals surface area contributed by atoms with Crippen molar-refractivity contribution in [1.29, 1.82) is 0 Å². The van der Waals surface area contributed by atoms with Gasteiger partial charge in [-0.2, -0.15) is 5.21 Å². The second-order valence-corrected chi connectivity index (χ2v) is 5.52. The van der Waals surface area contributed by atoms with E-state index in [0.717, 1.165) is 11.3 Å². The normalized spacial score (nSPS) is 16.3. The minimum atomic E-state index is -0.193. The fourth-order valence-electron chi connectivity index (χ4n) is 2.74. The van der Waals surface area contributed by atoms with Crippen molar-refractivity contribution in [3.05, 3.63) is 29.8 Å². The summed E-state index contributed by atoms with van der Waals surface area (Å²) in [6, 6.07) is 7.66. The topological polar surface area (TPSA) is 87.2 Å². The first-order valence-corrected chi connectivity index (χ1v) is 7.60. The second-order valence-electron chi connectivity index (χ2n) is 5.52. The number of anilines is 1. The van der Waals surface area contributed by atoms with Gasteiger partial charge in [0.1, 0.15) is 5.75 Å². The molecule has 1 amide bonds. The van der Waals surface area contributed by atoms with E-state index in [1.807, 2.05) is 41.0 Å². The SMILES string of the molecule is COc1cccc(C(C)C(=O)N2CCN(c3nn[nH]n3)CC2)c1. The van der Waals surface area contributed by atoms with Gasteiger partial charge in [0.05, 0.1) is 13.0 Å². The number of piperazine rings is 1. The van der Waals surface area contributed by atoms with E-state index in [-0.39, 0.29) is 11.8 Å². The summed E-state index contributed by atoms with van der Waals surface area (Å²) < 4.78 is 5.23. The average molecular weight is 316 g/mol. The molecule has 0 spiro atoms. The number of carbonyl (C=O) groups is 1. The third kappa shape index (κ3) is 3.25. The van der Waals surface area contributed by atoms with Gasteiger partial charge in [0.25, 0.3) is 5.95 Å². The number of carbonyl (C=O) groups excluding carboxylic acids is 1. The molecule has 3 rings (SSSR count). The molecule has 2 heterocycles. The molecular formula is C15H20N6O2. The number of aromatic amines is 1. The smallest absolute Gasteiger partial charge is 0.265 e. The molecule has 122 valence electrons. The number of nitrogens with zero attached hydrogens (tertiary/aromatic N) is 5. The summed E-state index contributed by atoms with van der Waals surface area (Å²) >= 11 is 0. The van der Waals surface area contributed by atoms with Crippen LogP contribution < -0.4 is 9.64 Å². The van der Waals surface area contributed by atoms with Crippen LogP contribution in [0.25, 0.3) is 0 Å². The Bertz CT molecular complexity index is 652. The third-order valence-corrected chi connectivity index (χ3v) is 4.17. The number of H-pyrrole nitrogens is 1. The number of aromatic nitrogens is 4. The summed E-state index contributed by atoms with van der Waals surface area (Å²) in [5.74, 6) is 1.29. The fraction of sp³-hybridized carbons (Fsp3) is 0.467. The molecule has 0 aliphatic carbocycles. The summed E-state index contributed by atoms with van der Waals surface area (Å²) in [7, 11) is 1.63. The van der Waals surface area contributed by atoms with Crippen LogP contribution in [0.1, 0.15) is 18.4 Å². The van der Waals surface area contributed by atoms with E-state index in [1.54, 1.807) is 7.11 Å². The van der Waals surface area contributed by atoms with E-state index < -0.39 is 0 Å². The van der Waals surface area contributed by atoms with Gasteiger partial charge in [-0.05, 0) is 29.8 Å². The second kappa shape index (κ2) is 6.64. The molecule has 1 atom stereocenters. The molecule has 0 saturated carbocycles. The minimum absolute atomic E-state index is 0.131. The lowest BCUT2D eigenvalue weighted by molar-refractivity contribution is -0.132. The monoisotopic (exact) mass is 316 g/mol. The summed E-state index contributed by atoms with van der Waals surface area (Å²) in [6.45, 7) is 4.65. The van der Waals surface area contributed by atoms with Gasteiger partial charge >= 0.3 is 0 Å². The molecule has 1 aliphatic rings. The van der Waals surface area contributed by atoms with Crippen LogP contribution in [0.3, 0.4) is 0 Å². The van der Waals surface area contributed by atoms with Crippen molar-refractivity contribution in [2.24, 2.45) is 0 Å². The van der Waals surface area contributed by atoms with Crippen LogP contribution in [0.4, 0.5) is 5.95 Å². The highest BCUT2D eigenvalue weighted by atomic mass is 16.5. The van der Waals surface area contributed by atoms with E-state index in [1.165, 1.54) is 0 Å². The van der Waals surface area contributed by atoms with Gasteiger partial charge in [0, 0.05) is 26.2 Å². The summed E-state index contributed by atoms with van der Waals surface area (Å²) in [5, 5.41) is 14.0. The van der Waals surface area contributed by atoms with Crippen LogP contribution in [0, 0.1) is 0 Å². The molecule has 1 N–H and O–H groups in total. The van der Waals surface area contributed by atoms with Crippen LogP contribution >= 0.6 is 0 Å². The first kappa shape index (κ1) is 15.3. The largest absolute Gasteiger partial charge is 0.497 e. The number of tetrazole rings is 1. The number of amides is 1. The highest BCUT2D eigenvalue weighted by Crippen LogP contribution is 2.23. The molecule has 1 aliphatic heterocycles. The van der Waals surface area contributed by atoms with Crippen LogP contribution in [-0.2, 0) is 4.79 Å². The Morgan fingerprint density at radius 3 is 2.74 bits per heavy atom. The first-order chi connectivity index (χ1) is 11.2. The van der Waals surface area contributed by atoms with Gasteiger partial charge in [0.15, 0.2) is 0 Å². The number of nitrogens with one attached hydrogen (secondary N) is 1. The number of ether oxygens (including phenoxy) is 1. The van der Waals surface area contributed by atoms with Crippen molar-refractivity contribution in [1.82, 2.24) is 25.5 Å². The maximum absolute atomic E-state index is 12.7. The molecule has 0 radical (unpaired) electrons. The third-order valence-electron chi connectivity index (χ3n) is 4.17. The molecule has 1 saturated heterocycles. The van der Waals surface area contributed by atoms with Crippen LogP contribution in [0.15, 0.2) is 24.3 Å². The molecule has 23 heavy (non-hydrogen) atoms. The van der Waals surface area contributed by atoms with Crippen LogP contribution in [0.5, 0.6) is 5.75 Å². The zero-order valence-electron chi connectivity index (χ0n) is 13.3. The molecular weight excluding hydrogens is 296 g/mol. The molecule has 1 fully saturated rings. The maximum atomic E-state index is 12.7. The quantitative estimate of drug-likeness (QED) is 0.891. The van der Waals surface area contributed by atoms with Gasteiger partial charge in [-0.15, -0.1) is 5.10 Å². The van der Waals surface area contributed by atoms with Crippen LogP contribution in [-0.4, -0.2) is 64.7 Å². The van der Waals surface area contributed by atoms with Gasteiger partial charge < -0.3 is 14.5 Å². The van der Waals surface area contributed by atoms with Gasteiger partial charge in [-0.25, -0.2) is 0 Å². The number of rotatable bonds is 4. The molecule has 1 unspecified atom stereocenters. The van der Waals surface area contributed by atoms with Crippen molar-refractivity contribution >= 4 is 11.9 Å². The Morgan fingerprint density at radius 2 is 2.09 bits per heavy atom. The minimum Gasteiger partial charge on any atom is -0.497 e. The first-order valence-electron chi connectivity index (χ1n) is 7.60. The lowest BCUT2D eigenvalue weighted by Crippen LogP contribution is -2.50. The van der Waals surface area contributed by atoms with Crippen molar-refractivity contribution in [3.8, 4) is 5.75 Å². The molecule has 1 aromatic carbocycles. The molecule has 8 nitrogen and oxygen atoms in total. The Balaban J connectivity index is 1.62. The molecule has 2 aromatic rings. The Labute approximate surface area is 134 Å². The van der Waals surface area contributed by atoms with Crippen LogP contribution in [0.2, 0.25) is 0 Å². The zero-order chi connectivity index (χ0) is 16.2. The van der Waals surface area contributed by atoms with Crippen molar-refractivity contribution < 1.29 is 9.53 Å². The van der Waals surface area contributed by atoms with E-state index in [9.17, 15) is 4.79 Å². The zero-order valence-corrected chi connectivity index (χ0v) is 13.3. The highest BCUT2D eigenvalue weighted by Gasteiger charge is 2.27.